The number of fused-ring (bicyclic) bond motifs is 7. The summed E-state index contributed by atoms with van der Waals surface area (Å²) < 4.78 is 8.86. The second-order valence-corrected chi connectivity index (χ2v) is 9.90. The predicted octanol–water partition coefficient (Wildman–Crippen LogP) is 7.31. The van der Waals surface area contributed by atoms with Crippen molar-refractivity contribution in [1.82, 2.24) is 0 Å². The third-order valence-electron chi connectivity index (χ3n) is 7.56. The molecule has 3 aromatic carbocycles. The van der Waals surface area contributed by atoms with Crippen molar-refractivity contribution in [2.75, 3.05) is 0 Å². The molecule has 0 bridgehead atoms. The Morgan fingerprint density at radius 3 is 2.38 bits per heavy atom. The molecule has 158 valence electrons. The van der Waals surface area contributed by atoms with Gasteiger partial charge < -0.3 is 4.42 Å². The largest absolute Gasteiger partial charge is 0.455 e. The highest BCUT2D eigenvalue weighted by Gasteiger charge is 2.37. The molecule has 2 nitrogen and oxygen atoms in total. The van der Waals surface area contributed by atoms with Gasteiger partial charge in [0.05, 0.1) is 5.56 Å². The van der Waals surface area contributed by atoms with Crippen LogP contribution in [0.15, 0.2) is 65.2 Å². The van der Waals surface area contributed by atoms with E-state index in [0.717, 1.165) is 11.2 Å². The molecule has 2 heteroatoms. The van der Waals surface area contributed by atoms with E-state index >= 15 is 0 Å². The van der Waals surface area contributed by atoms with Crippen molar-refractivity contribution in [3.05, 3.63) is 88.6 Å². The van der Waals surface area contributed by atoms with E-state index in [0.29, 0.717) is 0 Å². The fraction of sp³-hybridized carbons (Fsp3) is 0.233. The maximum Gasteiger partial charge on any atom is 0.216 e. The first-order valence-corrected chi connectivity index (χ1v) is 11.4. The molecule has 32 heavy (non-hydrogen) atoms. The lowest BCUT2D eigenvalue weighted by Crippen LogP contribution is -2.31. The van der Waals surface area contributed by atoms with Crippen molar-refractivity contribution < 1.29 is 8.98 Å². The Hall–Kier alpha value is -3.39. The summed E-state index contributed by atoms with van der Waals surface area (Å²) in [5.74, 6) is 0. The summed E-state index contributed by atoms with van der Waals surface area (Å²) in [5.41, 5.74) is 13.6. The Labute approximate surface area is 189 Å². The third-order valence-corrected chi connectivity index (χ3v) is 7.56. The van der Waals surface area contributed by atoms with Crippen molar-refractivity contribution in [3.63, 3.8) is 0 Å². The first kappa shape index (κ1) is 19.3. The zero-order chi connectivity index (χ0) is 22.4. The average molecular weight is 419 g/mol. The van der Waals surface area contributed by atoms with E-state index < -0.39 is 0 Å². The second kappa shape index (κ2) is 6.32. The molecule has 6 rings (SSSR count). The molecule has 0 fully saturated rings. The van der Waals surface area contributed by atoms with Crippen molar-refractivity contribution in [2.45, 2.75) is 40.0 Å². The van der Waals surface area contributed by atoms with Gasteiger partial charge in [-0.2, -0.15) is 0 Å². The molecule has 0 atom stereocenters. The van der Waals surface area contributed by atoms with Crippen LogP contribution in [0.3, 0.4) is 0 Å². The van der Waals surface area contributed by atoms with E-state index in [1.165, 1.54) is 61.0 Å². The maximum atomic E-state index is 6.64. The Morgan fingerprint density at radius 1 is 0.781 bits per heavy atom. The van der Waals surface area contributed by atoms with E-state index in [2.05, 4.69) is 107 Å². The van der Waals surface area contributed by atoms with E-state index in [1.54, 1.807) is 0 Å². The molecule has 2 aromatic heterocycles. The van der Waals surface area contributed by atoms with Gasteiger partial charge >= 0.3 is 0 Å². The zero-order valence-electron chi connectivity index (χ0n) is 19.6. The summed E-state index contributed by atoms with van der Waals surface area (Å²) >= 11 is 0. The fourth-order valence-electron chi connectivity index (χ4n) is 5.67. The summed E-state index contributed by atoms with van der Waals surface area (Å²) in [6.45, 7) is 11.2. The topological polar surface area (TPSA) is 17.0 Å². The molecule has 0 unspecified atom stereocenters. The van der Waals surface area contributed by atoms with Crippen LogP contribution in [0.5, 0.6) is 0 Å². The lowest BCUT2D eigenvalue weighted by molar-refractivity contribution is -0.660. The summed E-state index contributed by atoms with van der Waals surface area (Å²) in [7, 11) is 2.12. The van der Waals surface area contributed by atoms with Crippen LogP contribution in [-0.2, 0) is 12.5 Å². The number of benzene rings is 3. The summed E-state index contributed by atoms with van der Waals surface area (Å²) in [6.07, 6.45) is 2.21. The Bertz CT molecular complexity index is 1580. The van der Waals surface area contributed by atoms with Crippen LogP contribution >= 0.6 is 0 Å². The minimum Gasteiger partial charge on any atom is -0.455 e. The van der Waals surface area contributed by atoms with Gasteiger partial charge in [0.2, 0.25) is 5.69 Å². The SMILES string of the molecule is Cc1cc(-c2c(C)ccc3c2oc2ccc4c(c23)-c2ccccc2C4(C)C)[n+](C)cc1C. The van der Waals surface area contributed by atoms with Gasteiger partial charge in [0.25, 0.3) is 0 Å². The molecular formula is C30H28NO+. The minimum absolute atomic E-state index is 0.0161. The van der Waals surface area contributed by atoms with Gasteiger partial charge in [-0.05, 0) is 60.2 Å². The van der Waals surface area contributed by atoms with Gasteiger partial charge in [-0.25, -0.2) is 4.57 Å². The molecule has 0 saturated carbocycles. The average Bonchev–Trinajstić information content (AvgIpc) is 3.24. The molecule has 1 aliphatic rings. The molecule has 1 aliphatic carbocycles. The number of rotatable bonds is 1. The van der Waals surface area contributed by atoms with Gasteiger partial charge in [0, 0.05) is 27.8 Å². The normalized spacial score (nSPS) is 14.2. The molecule has 0 radical (unpaired) electrons. The van der Waals surface area contributed by atoms with Gasteiger partial charge in [-0.1, -0.05) is 56.3 Å². The standard InChI is InChI=1S/C30H28NO/c1-17-11-12-21-28-25(32-29(21)26(17)24-15-18(2)19(3)16-31(24)6)14-13-23-27(28)20-9-7-8-10-22(20)30(23,4)5/h7-16H,1-6H3/q+1. The van der Waals surface area contributed by atoms with Crippen LogP contribution < -0.4 is 4.57 Å². The number of hydrogen-bond donors (Lipinski definition) is 0. The van der Waals surface area contributed by atoms with Crippen LogP contribution in [0.4, 0.5) is 0 Å². The number of hydrogen-bond acceptors (Lipinski definition) is 1. The summed E-state index contributed by atoms with van der Waals surface area (Å²) in [5, 5.41) is 2.44. The van der Waals surface area contributed by atoms with Gasteiger partial charge in [-0.3, -0.25) is 0 Å². The molecule has 0 amide bonds. The molecule has 2 heterocycles. The monoisotopic (exact) mass is 418 g/mol. The van der Waals surface area contributed by atoms with Crippen LogP contribution in [0.25, 0.3) is 44.3 Å². The molecular weight excluding hydrogens is 390 g/mol. The highest BCUT2D eigenvalue weighted by Crippen LogP contribution is 2.53. The maximum absolute atomic E-state index is 6.64. The zero-order valence-corrected chi connectivity index (χ0v) is 19.6. The van der Waals surface area contributed by atoms with Crippen molar-refractivity contribution >= 4 is 21.9 Å². The highest BCUT2D eigenvalue weighted by atomic mass is 16.3. The smallest absolute Gasteiger partial charge is 0.216 e. The van der Waals surface area contributed by atoms with Crippen molar-refractivity contribution in [2.24, 2.45) is 7.05 Å². The molecule has 0 aliphatic heterocycles. The van der Waals surface area contributed by atoms with Gasteiger partial charge in [-0.15, -0.1) is 0 Å². The number of aromatic nitrogens is 1. The molecule has 5 aromatic rings. The third kappa shape index (κ3) is 2.38. The molecule has 0 saturated heterocycles. The van der Waals surface area contributed by atoms with Gasteiger partial charge in [0.15, 0.2) is 6.20 Å². The molecule has 0 N–H and O–H groups in total. The summed E-state index contributed by atoms with van der Waals surface area (Å²) in [4.78, 5) is 0. The van der Waals surface area contributed by atoms with Crippen molar-refractivity contribution in [3.8, 4) is 22.4 Å². The van der Waals surface area contributed by atoms with E-state index in [-0.39, 0.29) is 5.41 Å². The van der Waals surface area contributed by atoms with Crippen LogP contribution in [-0.4, -0.2) is 0 Å². The number of nitrogens with zero attached hydrogens (tertiary/aromatic N) is 1. The number of pyridine rings is 1. The lowest BCUT2D eigenvalue weighted by Gasteiger charge is -2.21. The highest BCUT2D eigenvalue weighted by molar-refractivity contribution is 6.17. The van der Waals surface area contributed by atoms with Gasteiger partial charge in [0.1, 0.15) is 18.2 Å². The molecule has 0 spiro atoms. The predicted molar refractivity (Wildman–Crippen MR) is 132 cm³/mol. The minimum atomic E-state index is -0.0161. The second-order valence-electron chi connectivity index (χ2n) is 9.90. The van der Waals surface area contributed by atoms with E-state index in [1.807, 2.05) is 0 Å². The first-order valence-electron chi connectivity index (χ1n) is 11.4. The van der Waals surface area contributed by atoms with Crippen molar-refractivity contribution in [1.29, 1.82) is 0 Å². The van der Waals surface area contributed by atoms with E-state index in [4.69, 9.17) is 4.42 Å². The summed E-state index contributed by atoms with van der Waals surface area (Å²) in [6, 6.07) is 20.0. The van der Waals surface area contributed by atoms with Crippen LogP contribution in [0.1, 0.15) is 41.7 Å². The Balaban J connectivity index is 1.76. The van der Waals surface area contributed by atoms with Crippen LogP contribution in [0.2, 0.25) is 0 Å². The fourth-order valence-corrected chi connectivity index (χ4v) is 5.67. The first-order chi connectivity index (χ1) is 15.3. The quantitative estimate of drug-likeness (QED) is 0.261. The number of furan rings is 1. The lowest BCUT2D eigenvalue weighted by atomic mass is 9.82. The number of aryl methyl sites for hydroxylation is 4. The van der Waals surface area contributed by atoms with E-state index in [9.17, 15) is 0 Å². The van der Waals surface area contributed by atoms with Crippen LogP contribution in [0, 0.1) is 20.8 Å². The Morgan fingerprint density at radius 2 is 1.56 bits per heavy atom. The Kier molecular flexibility index (Phi) is 3.81.